The molecule has 130 valence electrons. The molecule has 0 aliphatic rings. The molecule has 1 heterocycles. The van der Waals surface area contributed by atoms with E-state index in [-0.39, 0.29) is 17.5 Å². The van der Waals surface area contributed by atoms with E-state index in [2.05, 4.69) is 5.16 Å². The number of benzene rings is 1. The molecular weight excluding hydrogens is 342 g/mol. The van der Waals surface area contributed by atoms with Crippen LogP contribution in [0.15, 0.2) is 28.8 Å². The van der Waals surface area contributed by atoms with Crippen molar-refractivity contribution in [2.75, 3.05) is 0 Å². The van der Waals surface area contributed by atoms with Gasteiger partial charge in [-0.25, -0.2) is 0 Å². The molecule has 0 saturated carbocycles. The number of rotatable bonds is 3. The molecule has 0 bridgehead atoms. The van der Waals surface area contributed by atoms with Gasteiger partial charge >= 0.3 is 12.4 Å². The minimum absolute atomic E-state index is 0.00119. The lowest BCUT2D eigenvalue weighted by molar-refractivity contribution is -0.142. The van der Waals surface area contributed by atoms with Crippen molar-refractivity contribution >= 4 is 5.91 Å². The Morgan fingerprint density at radius 2 is 1.75 bits per heavy atom. The number of aromatic nitrogens is 1. The SMILES string of the molecule is CC(C(N)=O)c1cc(-c2ccc(C(F)(F)F)cc2C(F)(F)F)no1. The molecule has 0 fully saturated rings. The fourth-order valence-electron chi connectivity index (χ4n) is 1.94. The molecule has 0 saturated heterocycles. The van der Waals surface area contributed by atoms with Crippen LogP contribution in [-0.2, 0) is 17.1 Å². The van der Waals surface area contributed by atoms with Gasteiger partial charge in [0.1, 0.15) is 11.5 Å². The van der Waals surface area contributed by atoms with Gasteiger partial charge in [-0.15, -0.1) is 0 Å². The number of primary amides is 1. The van der Waals surface area contributed by atoms with E-state index in [4.69, 9.17) is 10.3 Å². The largest absolute Gasteiger partial charge is 0.417 e. The van der Waals surface area contributed by atoms with Crippen molar-refractivity contribution in [1.29, 1.82) is 0 Å². The van der Waals surface area contributed by atoms with Crippen LogP contribution in [0.1, 0.15) is 29.7 Å². The predicted octanol–water partition coefficient (Wildman–Crippen LogP) is 3.97. The van der Waals surface area contributed by atoms with Crippen LogP contribution in [0.25, 0.3) is 11.3 Å². The summed E-state index contributed by atoms with van der Waals surface area (Å²) in [6.45, 7) is 1.35. The van der Waals surface area contributed by atoms with Crippen molar-refractivity contribution < 1.29 is 35.7 Å². The normalized spacial score (nSPS) is 13.8. The van der Waals surface area contributed by atoms with Crippen LogP contribution < -0.4 is 5.73 Å². The number of halogens is 6. The highest BCUT2D eigenvalue weighted by atomic mass is 19.4. The molecule has 0 aliphatic heterocycles. The third-order valence-corrected chi connectivity index (χ3v) is 3.31. The first-order valence-corrected chi connectivity index (χ1v) is 6.46. The van der Waals surface area contributed by atoms with Crippen molar-refractivity contribution in [3.05, 3.63) is 41.2 Å². The Hall–Kier alpha value is -2.52. The molecule has 4 nitrogen and oxygen atoms in total. The summed E-state index contributed by atoms with van der Waals surface area (Å²) in [6, 6.07) is 2.20. The quantitative estimate of drug-likeness (QED) is 0.850. The zero-order valence-electron chi connectivity index (χ0n) is 12.0. The van der Waals surface area contributed by atoms with Crippen LogP contribution >= 0.6 is 0 Å². The molecule has 0 aliphatic carbocycles. The summed E-state index contributed by atoms with van der Waals surface area (Å²) in [6.07, 6.45) is -9.96. The Kier molecular flexibility index (Phi) is 4.34. The number of nitrogens with two attached hydrogens (primary N) is 1. The molecule has 1 aromatic heterocycles. The summed E-state index contributed by atoms with van der Waals surface area (Å²) in [4.78, 5) is 11.1. The molecule has 1 amide bonds. The fraction of sp³-hybridized carbons (Fsp3) is 0.286. The first-order valence-electron chi connectivity index (χ1n) is 6.46. The van der Waals surface area contributed by atoms with E-state index in [9.17, 15) is 31.1 Å². The lowest BCUT2D eigenvalue weighted by Crippen LogP contribution is -2.18. The minimum Gasteiger partial charge on any atom is -0.369 e. The number of hydrogen-bond donors (Lipinski definition) is 1. The molecule has 0 spiro atoms. The zero-order chi connectivity index (χ0) is 18.3. The Morgan fingerprint density at radius 3 is 2.25 bits per heavy atom. The van der Waals surface area contributed by atoms with E-state index in [1.54, 1.807) is 0 Å². The molecular formula is C14H10F6N2O2. The third-order valence-electron chi connectivity index (χ3n) is 3.31. The van der Waals surface area contributed by atoms with E-state index >= 15 is 0 Å². The standard InChI is InChI=1S/C14H10F6N2O2/c1-6(12(21)23)11-5-10(22-24-11)8-3-2-7(13(15,16)17)4-9(8)14(18,19)20/h2-6H,1H3,(H2,21,23). The number of alkyl halides is 6. The van der Waals surface area contributed by atoms with E-state index in [1.165, 1.54) is 6.92 Å². The summed E-state index contributed by atoms with van der Waals surface area (Å²) in [5.41, 5.74) is 1.16. The lowest BCUT2D eigenvalue weighted by Gasteiger charge is -2.14. The second-order valence-corrected chi connectivity index (χ2v) is 4.99. The number of nitrogens with zero attached hydrogens (tertiary/aromatic N) is 1. The van der Waals surface area contributed by atoms with Gasteiger partial charge in [-0.1, -0.05) is 11.2 Å². The molecule has 0 radical (unpaired) electrons. The average Bonchev–Trinajstić information content (AvgIpc) is 2.93. The Morgan fingerprint density at radius 1 is 1.12 bits per heavy atom. The van der Waals surface area contributed by atoms with Gasteiger partial charge in [0.25, 0.3) is 0 Å². The summed E-state index contributed by atoms with van der Waals surface area (Å²) in [5.74, 6) is -1.83. The van der Waals surface area contributed by atoms with E-state index in [0.717, 1.165) is 6.07 Å². The van der Waals surface area contributed by atoms with Gasteiger partial charge in [0.15, 0.2) is 0 Å². The van der Waals surface area contributed by atoms with E-state index < -0.39 is 40.9 Å². The first-order chi connectivity index (χ1) is 10.9. The molecule has 2 rings (SSSR count). The molecule has 1 aromatic carbocycles. The smallest absolute Gasteiger partial charge is 0.369 e. The highest BCUT2D eigenvalue weighted by Gasteiger charge is 2.39. The van der Waals surface area contributed by atoms with Crippen molar-refractivity contribution in [3.63, 3.8) is 0 Å². The fourth-order valence-corrected chi connectivity index (χ4v) is 1.94. The summed E-state index contributed by atoms with van der Waals surface area (Å²) in [5, 5.41) is 3.39. The van der Waals surface area contributed by atoms with Crippen LogP contribution in [0.5, 0.6) is 0 Å². The van der Waals surface area contributed by atoms with Gasteiger partial charge in [0.2, 0.25) is 5.91 Å². The van der Waals surface area contributed by atoms with Gasteiger partial charge in [-0.2, -0.15) is 26.3 Å². The van der Waals surface area contributed by atoms with Crippen molar-refractivity contribution in [3.8, 4) is 11.3 Å². The van der Waals surface area contributed by atoms with Gasteiger partial charge in [0, 0.05) is 11.6 Å². The van der Waals surface area contributed by atoms with Gasteiger partial charge in [-0.05, 0) is 19.1 Å². The number of carbonyl (C=O) groups is 1. The molecule has 1 unspecified atom stereocenters. The second kappa shape index (κ2) is 5.84. The minimum atomic E-state index is -5.04. The predicted molar refractivity (Wildman–Crippen MR) is 69.6 cm³/mol. The van der Waals surface area contributed by atoms with Crippen LogP contribution in [0.2, 0.25) is 0 Å². The Bertz CT molecular complexity index is 763. The summed E-state index contributed by atoms with van der Waals surface area (Å²) >= 11 is 0. The number of amides is 1. The zero-order valence-corrected chi connectivity index (χ0v) is 12.0. The maximum absolute atomic E-state index is 13.1. The third kappa shape index (κ3) is 3.52. The lowest BCUT2D eigenvalue weighted by atomic mass is 9.99. The van der Waals surface area contributed by atoms with Gasteiger partial charge in [-0.3, -0.25) is 4.79 Å². The Labute approximate surface area is 131 Å². The van der Waals surface area contributed by atoms with Crippen molar-refractivity contribution in [2.24, 2.45) is 5.73 Å². The maximum Gasteiger partial charge on any atom is 0.417 e. The molecule has 2 aromatic rings. The van der Waals surface area contributed by atoms with Crippen LogP contribution in [-0.4, -0.2) is 11.1 Å². The molecule has 10 heteroatoms. The maximum atomic E-state index is 13.1. The number of hydrogen-bond acceptors (Lipinski definition) is 3. The van der Waals surface area contributed by atoms with Crippen LogP contribution in [0.3, 0.4) is 0 Å². The average molecular weight is 352 g/mol. The summed E-state index contributed by atoms with van der Waals surface area (Å²) < 4.78 is 82.0. The highest BCUT2D eigenvalue weighted by Crippen LogP contribution is 2.41. The monoisotopic (exact) mass is 352 g/mol. The Balaban J connectivity index is 2.56. The second-order valence-electron chi connectivity index (χ2n) is 4.99. The highest BCUT2D eigenvalue weighted by molar-refractivity contribution is 5.81. The van der Waals surface area contributed by atoms with Crippen molar-refractivity contribution in [1.82, 2.24) is 5.16 Å². The van der Waals surface area contributed by atoms with E-state index in [1.807, 2.05) is 0 Å². The summed E-state index contributed by atoms with van der Waals surface area (Å²) in [7, 11) is 0. The molecule has 24 heavy (non-hydrogen) atoms. The topological polar surface area (TPSA) is 69.1 Å². The van der Waals surface area contributed by atoms with Gasteiger partial charge in [0.05, 0.1) is 17.0 Å². The molecule has 2 N–H and O–H groups in total. The number of carbonyl (C=O) groups excluding carboxylic acids is 1. The first kappa shape index (κ1) is 17.8. The van der Waals surface area contributed by atoms with E-state index in [0.29, 0.717) is 12.1 Å². The van der Waals surface area contributed by atoms with Gasteiger partial charge < -0.3 is 10.3 Å². The van der Waals surface area contributed by atoms with Crippen molar-refractivity contribution in [2.45, 2.75) is 25.2 Å². The molecule has 1 atom stereocenters. The van der Waals surface area contributed by atoms with Crippen LogP contribution in [0, 0.1) is 0 Å². The van der Waals surface area contributed by atoms with Crippen LogP contribution in [0.4, 0.5) is 26.3 Å².